The minimum atomic E-state index is -0.211. The lowest BCUT2D eigenvalue weighted by atomic mass is 9.89. The maximum atomic E-state index is 13.5. The van der Waals surface area contributed by atoms with Crippen LogP contribution in [-0.4, -0.2) is 51.9 Å². The molecule has 3 aliphatic rings. The Kier molecular flexibility index (Phi) is 6.29. The van der Waals surface area contributed by atoms with Crippen LogP contribution < -0.4 is 5.32 Å². The number of halogens is 1. The Morgan fingerprint density at radius 3 is 2.43 bits per heavy atom. The van der Waals surface area contributed by atoms with Crippen LogP contribution in [0.4, 0.5) is 4.39 Å². The van der Waals surface area contributed by atoms with Gasteiger partial charge < -0.3 is 10.1 Å². The number of nitrogens with one attached hydrogen (secondary N) is 1. The summed E-state index contributed by atoms with van der Waals surface area (Å²) in [5, 5.41) is 9.12. The minimum Gasteiger partial charge on any atom is -0.378 e. The van der Waals surface area contributed by atoms with Crippen molar-refractivity contribution in [2.45, 2.75) is 75.7 Å². The van der Waals surface area contributed by atoms with Gasteiger partial charge in [-0.15, -0.1) is 0 Å². The summed E-state index contributed by atoms with van der Waals surface area (Å²) >= 11 is 0. The number of hydrogen-bond donors (Lipinski definition) is 1. The van der Waals surface area contributed by atoms with E-state index in [1.807, 2.05) is 30.3 Å². The summed E-state index contributed by atoms with van der Waals surface area (Å²) in [6.07, 6.45) is 7.67. The van der Waals surface area contributed by atoms with Crippen LogP contribution in [0.3, 0.4) is 0 Å². The van der Waals surface area contributed by atoms with Crippen molar-refractivity contribution in [1.29, 1.82) is 0 Å². The number of hydrogen-bond acceptors (Lipinski definition) is 4. The van der Waals surface area contributed by atoms with E-state index < -0.39 is 0 Å². The molecule has 1 amide bonds. The molecule has 2 bridgehead atoms. The largest absolute Gasteiger partial charge is 0.378 e. The van der Waals surface area contributed by atoms with Crippen LogP contribution in [0.5, 0.6) is 0 Å². The summed E-state index contributed by atoms with van der Waals surface area (Å²) in [5.74, 6) is -0.288. The third kappa shape index (κ3) is 4.59. The maximum absolute atomic E-state index is 13.5. The fourth-order valence-electron chi connectivity index (χ4n) is 6.28. The number of rotatable bonds is 5. The lowest BCUT2D eigenvalue weighted by Gasteiger charge is -2.48. The quantitative estimate of drug-likeness (QED) is 0.572. The lowest BCUT2D eigenvalue weighted by Crippen LogP contribution is -2.60. The number of aromatic nitrogens is 2. The van der Waals surface area contributed by atoms with E-state index in [0.717, 1.165) is 48.7 Å². The van der Waals surface area contributed by atoms with Crippen molar-refractivity contribution >= 4 is 16.8 Å². The highest BCUT2D eigenvalue weighted by Gasteiger charge is 2.39. The normalized spacial score (nSPS) is 25.6. The number of carbonyl (C=O) groups excluding carboxylic acids is 1. The first-order chi connectivity index (χ1) is 17.2. The second-order valence-electron chi connectivity index (χ2n) is 10.4. The lowest BCUT2D eigenvalue weighted by molar-refractivity contribution is -0.0843. The van der Waals surface area contributed by atoms with Gasteiger partial charge in [0.05, 0.1) is 24.8 Å². The van der Waals surface area contributed by atoms with E-state index in [-0.39, 0.29) is 29.8 Å². The van der Waals surface area contributed by atoms with Crippen molar-refractivity contribution in [2.24, 2.45) is 0 Å². The van der Waals surface area contributed by atoms with Crippen LogP contribution in [0.1, 0.15) is 67.0 Å². The number of ether oxygens (including phenoxy) is 1. The summed E-state index contributed by atoms with van der Waals surface area (Å²) < 4.78 is 21.3. The van der Waals surface area contributed by atoms with Gasteiger partial charge in [-0.1, -0.05) is 49.6 Å². The Labute approximate surface area is 205 Å². The molecule has 184 valence electrons. The SMILES string of the molecule is O=C(NC1C[C@H]2COC[C@@H](C1)N2Cc1ccc(F)cc1)c1nn(C2CCCCC2)c2ccccc12. The maximum Gasteiger partial charge on any atom is 0.272 e. The second-order valence-corrected chi connectivity index (χ2v) is 10.4. The standard InChI is InChI=1S/C28H33FN4O2/c29-20-12-10-19(11-13-20)16-32-23-14-21(15-24(32)18-35-17-23)30-28(34)27-25-8-4-5-9-26(25)33(31-27)22-6-2-1-3-7-22/h4-5,8-13,21-24H,1-3,6-7,14-18H2,(H,30,34)/t21?,23-,24+. The molecule has 1 aliphatic carbocycles. The number of amides is 1. The molecule has 2 aromatic carbocycles. The van der Waals surface area contributed by atoms with Crippen molar-refractivity contribution in [3.8, 4) is 0 Å². The zero-order chi connectivity index (χ0) is 23.8. The highest BCUT2D eigenvalue weighted by atomic mass is 19.1. The second kappa shape index (κ2) is 9.70. The average molecular weight is 477 g/mol. The smallest absolute Gasteiger partial charge is 0.272 e. The molecule has 7 heteroatoms. The summed E-state index contributed by atoms with van der Waals surface area (Å²) in [5.41, 5.74) is 2.70. The van der Waals surface area contributed by atoms with Gasteiger partial charge >= 0.3 is 0 Å². The molecule has 6 nitrogen and oxygen atoms in total. The molecule has 1 unspecified atom stereocenters. The van der Waals surface area contributed by atoms with Crippen molar-refractivity contribution in [3.05, 3.63) is 65.6 Å². The van der Waals surface area contributed by atoms with Crippen LogP contribution >= 0.6 is 0 Å². The van der Waals surface area contributed by atoms with Crippen LogP contribution in [0, 0.1) is 5.82 Å². The Morgan fingerprint density at radius 2 is 1.69 bits per heavy atom. The molecule has 0 spiro atoms. The summed E-state index contributed by atoms with van der Waals surface area (Å²) in [6.45, 7) is 2.09. The molecule has 1 aromatic heterocycles. The summed E-state index contributed by atoms with van der Waals surface area (Å²) in [4.78, 5) is 15.9. The highest BCUT2D eigenvalue weighted by Crippen LogP contribution is 2.33. The Hall–Kier alpha value is -2.77. The Bertz CT molecular complexity index is 1170. The van der Waals surface area contributed by atoms with Crippen LogP contribution in [-0.2, 0) is 11.3 Å². The zero-order valence-corrected chi connectivity index (χ0v) is 20.0. The average Bonchev–Trinajstić information content (AvgIpc) is 3.26. The van der Waals surface area contributed by atoms with Crippen molar-refractivity contribution < 1.29 is 13.9 Å². The molecule has 2 aliphatic heterocycles. The third-order valence-corrected chi connectivity index (χ3v) is 8.03. The van der Waals surface area contributed by atoms with E-state index in [2.05, 4.69) is 21.0 Å². The van der Waals surface area contributed by atoms with Gasteiger partial charge in [-0.05, 0) is 49.4 Å². The number of morpholine rings is 1. The fourth-order valence-corrected chi connectivity index (χ4v) is 6.28. The first kappa shape index (κ1) is 22.7. The summed E-state index contributed by atoms with van der Waals surface area (Å²) in [6, 6.07) is 15.8. The monoisotopic (exact) mass is 476 g/mol. The molecule has 35 heavy (non-hydrogen) atoms. The predicted octanol–water partition coefficient (Wildman–Crippen LogP) is 4.84. The molecule has 0 radical (unpaired) electrons. The third-order valence-electron chi connectivity index (χ3n) is 8.03. The molecule has 3 heterocycles. The molecule has 2 saturated heterocycles. The number of nitrogens with zero attached hydrogens (tertiary/aromatic N) is 3. The van der Waals surface area contributed by atoms with Gasteiger partial charge in [0.15, 0.2) is 5.69 Å². The van der Waals surface area contributed by atoms with E-state index in [1.54, 1.807) is 0 Å². The number of benzene rings is 2. The van der Waals surface area contributed by atoms with Gasteiger partial charge in [-0.3, -0.25) is 14.4 Å². The number of fused-ring (bicyclic) bond motifs is 3. The van der Waals surface area contributed by atoms with Crippen LogP contribution in [0.25, 0.3) is 10.9 Å². The van der Waals surface area contributed by atoms with Gasteiger partial charge in [0.25, 0.3) is 5.91 Å². The van der Waals surface area contributed by atoms with Gasteiger partial charge in [0, 0.05) is 30.1 Å². The van der Waals surface area contributed by atoms with E-state index >= 15 is 0 Å². The van der Waals surface area contributed by atoms with Crippen molar-refractivity contribution in [1.82, 2.24) is 20.0 Å². The van der Waals surface area contributed by atoms with Gasteiger partial charge in [-0.2, -0.15) is 5.10 Å². The number of para-hydroxylation sites is 1. The molecule has 3 fully saturated rings. The topological polar surface area (TPSA) is 59.4 Å². The van der Waals surface area contributed by atoms with Crippen LogP contribution in [0.15, 0.2) is 48.5 Å². The molecule has 1 saturated carbocycles. The molecular formula is C28H33FN4O2. The van der Waals surface area contributed by atoms with E-state index in [1.165, 1.54) is 31.4 Å². The van der Waals surface area contributed by atoms with Crippen LogP contribution in [0.2, 0.25) is 0 Å². The van der Waals surface area contributed by atoms with Crippen molar-refractivity contribution in [3.63, 3.8) is 0 Å². The van der Waals surface area contributed by atoms with E-state index in [9.17, 15) is 9.18 Å². The van der Waals surface area contributed by atoms with Crippen molar-refractivity contribution in [2.75, 3.05) is 13.2 Å². The number of carbonyl (C=O) groups is 1. The van der Waals surface area contributed by atoms with E-state index in [4.69, 9.17) is 9.84 Å². The Balaban J connectivity index is 1.18. The molecule has 3 atom stereocenters. The highest BCUT2D eigenvalue weighted by molar-refractivity contribution is 6.05. The zero-order valence-electron chi connectivity index (χ0n) is 20.0. The fraction of sp³-hybridized carbons (Fsp3) is 0.500. The molecule has 1 N–H and O–H groups in total. The van der Waals surface area contributed by atoms with Gasteiger partial charge in [-0.25, -0.2) is 4.39 Å². The first-order valence-corrected chi connectivity index (χ1v) is 13.0. The predicted molar refractivity (Wildman–Crippen MR) is 133 cm³/mol. The Morgan fingerprint density at radius 1 is 0.971 bits per heavy atom. The first-order valence-electron chi connectivity index (χ1n) is 13.0. The summed E-state index contributed by atoms with van der Waals surface area (Å²) in [7, 11) is 0. The number of piperidine rings is 1. The van der Waals surface area contributed by atoms with E-state index in [0.29, 0.717) is 24.9 Å². The minimum absolute atomic E-state index is 0.0771. The van der Waals surface area contributed by atoms with Gasteiger partial charge in [0.2, 0.25) is 0 Å². The molecule has 3 aromatic rings. The van der Waals surface area contributed by atoms with Gasteiger partial charge in [0.1, 0.15) is 5.82 Å². The molecule has 6 rings (SSSR count). The molecular weight excluding hydrogens is 443 g/mol.